The third kappa shape index (κ3) is 4.87. The number of aromatic nitrogens is 3. The fourth-order valence-electron chi connectivity index (χ4n) is 6.56. The van der Waals surface area contributed by atoms with Crippen molar-refractivity contribution < 1.29 is 19.1 Å². The van der Waals surface area contributed by atoms with E-state index in [0.29, 0.717) is 42.9 Å². The van der Waals surface area contributed by atoms with Crippen molar-refractivity contribution in [3.05, 3.63) is 68.7 Å². The van der Waals surface area contributed by atoms with Crippen molar-refractivity contribution in [1.29, 1.82) is 0 Å². The van der Waals surface area contributed by atoms with E-state index in [1.807, 2.05) is 0 Å². The molecular weight excluding hydrogens is 519 g/mol. The van der Waals surface area contributed by atoms with Gasteiger partial charge in [-0.25, -0.2) is 23.5 Å². The number of fused-ring (bicyclic) bond motifs is 4. The minimum Gasteiger partial charge on any atom is -0.465 e. The van der Waals surface area contributed by atoms with Crippen molar-refractivity contribution in [1.82, 2.24) is 29.7 Å². The summed E-state index contributed by atoms with van der Waals surface area (Å²) in [4.78, 5) is 58.1. The highest BCUT2D eigenvalue weighted by molar-refractivity contribution is 5.95. The quantitative estimate of drug-likeness (QED) is 0.443. The van der Waals surface area contributed by atoms with Crippen molar-refractivity contribution in [2.75, 3.05) is 19.6 Å². The van der Waals surface area contributed by atoms with Gasteiger partial charge in [0.05, 0.1) is 17.3 Å². The van der Waals surface area contributed by atoms with Crippen molar-refractivity contribution in [2.45, 2.75) is 56.7 Å². The molecule has 210 valence electrons. The summed E-state index contributed by atoms with van der Waals surface area (Å²) in [5.74, 6) is -0.497. The minimum atomic E-state index is -1.12. The highest BCUT2D eigenvalue weighted by Crippen LogP contribution is 2.29. The molecule has 40 heavy (non-hydrogen) atoms. The molecule has 0 radical (unpaired) electrons. The van der Waals surface area contributed by atoms with Crippen LogP contribution in [0.15, 0.2) is 46.1 Å². The molecule has 1 atom stereocenters. The van der Waals surface area contributed by atoms with E-state index in [9.17, 15) is 23.6 Å². The van der Waals surface area contributed by atoms with Gasteiger partial charge >= 0.3 is 11.8 Å². The van der Waals surface area contributed by atoms with Gasteiger partial charge in [0.15, 0.2) is 5.65 Å². The van der Waals surface area contributed by atoms with Gasteiger partial charge in [0, 0.05) is 30.2 Å². The smallest absolute Gasteiger partial charge is 0.404 e. The van der Waals surface area contributed by atoms with E-state index in [1.165, 1.54) is 4.57 Å². The molecule has 3 aromatic rings. The molecule has 1 saturated carbocycles. The van der Waals surface area contributed by atoms with Crippen LogP contribution in [-0.2, 0) is 0 Å². The van der Waals surface area contributed by atoms with Gasteiger partial charge in [-0.15, -0.1) is 0 Å². The SMILES string of the molecule is O=C(O)NC1CCC(n2c(=O)c3cc(F)cnc3n(-c3cccc(C(=O)N[C@H]4CN5CCC4CC5)c3)c2=O)CC1. The summed E-state index contributed by atoms with van der Waals surface area (Å²) in [7, 11) is 0. The first-order valence-corrected chi connectivity index (χ1v) is 13.7. The van der Waals surface area contributed by atoms with Crippen LogP contribution in [0.1, 0.15) is 54.9 Å². The van der Waals surface area contributed by atoms with Crippen molar-refractivity contribution in [3.8, 4) is 5.69 Å². The van der Waals surface area contributed by atoms with E-state index in [2.05, 4.69) is 20.5 Å². The average molecular weight is 551 g/mol. The number of nitrogens with zero attached hydrogens (tertiary/aromatic N) is 4. The zero-order valence-electron chi connectivity index (χ0n) is 21.9. The Hall–Kier alpha value is -4.06. The maximum absolute atomic E-state index is 14.2. The van der Waals surface area contributed by atoms with Gasteiger partial charge in [-0.05, 0) is 81.8 Å². The van der Waals surface area contributed by atoms with Crippen LogP contribution in [0.3, 0.4) is 0 Å². The second kappa shape index (κ2) is 10.5. The Kier molecular flexibility index (Phi) is 6.87. The van der Waals surface area contributed by atoms with Crippen LogP contribution in [0.5, 0.6) is 0 Å². The van der Waals surface area contributed by atoms with Crippen LogP contribution in [-0.4, -0.2) is 67.8 Å². The van der Waals surface area contributed by atoms with Crippen LogP contribution in [0.4, 0.5) is 9.18 Å². The number of hydrogen-bond acceptors (Lipinski definition) is 6. The largest absolute Gasteiger partial charge is 0.465 e. The lowest BCUT2D eigenvalue weighted by molar-refractivity contribution is 0.0620. The predicted octanol–water partition coefficient (Wildman–Crippen LogP) is 2.26. The molecule has 3 saturated heterocycles. The molecule has 2 amide bonds. The third-order valence-electron chi connectivity index (χ3n) is 8.62. The summed E-state index contributed by atoms with van der Waals surface area (Å²) < 4.78 is 16.6. The zero-order valence-corrected chi connectivity index (χ0v) is 21.9. The Morgan fingerprint density at radius 1 is 1.00 bits per heavy atom. The van der Waals surface area contributed by atoms with Crippen molar-refractivity contribution >= 4 is 23.0 Å². The number of benzene rings is 1. The number of amides is 2. The zero-order chi connectivity index (χ0) is 28.0. The number of pyridine rings is 1. The second-order valence-corrected chi connectivity index (χ2v) is 11.0. The minimum absolute atomic E-state index is 0.00354. The first-order chi connectivity index (χ1) is 19.3. The van der Waals surface area contributed by atoms with Crippen LogP contribution >= 0.6 is 0 Å². The Labute approximate surface area is 228 Å². The molecule has 4 aliphatic rings. The maximum atomic E-state index is 14.2. The summed E-state index contributed by atoms with van der Waals surface area (Å²) in [6.07, 6.45) is 3.67. The molecule has 2 aromatic heterocycles. The molecule has 2 bridgehead atoms. The van der Waals surface area contributed by atoms with Gasteiger partial charge < -0.3 is 20.6 Å². The number of carbonyl (C=O) groups is 2. The third-order valence-corrected chi connectivity index (χ3v) is 8.62. The number of carbonyl (C=O) groups excluding carboxylic acids is 1. The normalized spacial score (nSPS) is 26.0. The Bertz CT molecular complexity index is 1590. The van der Waals surface area contributed by atoms with Gasteiger partial charge in [-0.1, -0.05) is 6.07 Å². The van der Waals surface area contributed by atoms with Gasteiger partial charge in [0.25, 0.3) is 11.5 Å². The highest BCUT2D eigenvalue weighted by atomic mass is 19.1. The standard InChI is InChI=1S/C28H31FN6O5/c29-18-13-22-24(30-14-18)34(28(40)35(26(22)37)20-6-4-19(5-7-20)31-27(38)39)21-3-1-2-17(12-21)25(36)32-23-15-33-10-8-16(23)9-11-33/h1-3,12-14,16,19-20,23,31H,4-11,15H2,(H,32,36)(H,38,39)/t19?,20?,23-/m0/s1. The van der Waals surface area contributed by atoms with Crippen LogP contribution in [0.25, 0.3) is 16.7 Å². The number of hydrogen-bond donors (Lipinski definition) is 3. The van der Waals surface area contributed by atoms with E-state index in [0.717, 1.165) is 49.3 Å². The van der Waals surface area contributed by atoms with Gasteiger partial charge in [-0.2, -0.15) is 0 Å². The number of rotatable bonds is 5. The van der Waals surface area contributed by atoms with E-state index >= 15 is 0 Å². The van der Waals surface area contributed by atoms with E-state index in [4.69, 9.17) is 5.11 Å². The second-order valence-electron chi connectivity index (χ2n) is 11.0. The number of carboxylic acid groups (broad SMARTS) is 1. The number of nitrogens with one attached hydrogen (secondary N) is 2. The van der Waals surface area contributed by atoms with Crippen molar-refractivity contribution in [3.63, 3.8) is 0 Å². The molecule has 3 aliphatic heterocycles. The average Bonchev–Trinajstić information content (AvgIpc) is 2.95. The Morgan fingerprint density at radius 3 is 2.42 bits per heavy atom. The molecule has 7 rings (SSSR count). The lowest BCUT2D eigenvalue weighted by Gasteiger charge is -2.44. The topological polar surface area (TPSA) is 139 Å². The van der Waals surface area contributed by atoms with Gasteiger partial charge in [0.2, 0.25) is 0 Å². The maximum Gasteiger partial charge on any atom is 0.404 e. The molecule has 1 aliphatic carbocycles. The summed E-state index contributed by atoms with van der Waals surface area (Å²) in [5.41, 5.74) is -0.570. The summed E-state index contributed by atoms with van der Waals surface area (Å²) >= 11 is 0. The van der Waals surface area contributed by atoms with Gasteiger partial charge in [0.1, 0.15) is 5.82 Å². The molecular formula is C28H31FN6O5. The van der Waals surface area contributed by atoms with E-state index in [1.54, 1.807) is 24.3 Å². The van der Waals surface area contributed by atoms with E-state index < -0.39 is 29.2 Å². The van der Waals surface area contributed by atoms with E-state index in [-0.39, 0.29) is 29.0 Å². The fraction of sp³-hybridized carbons (Fsp3) is 0.464. The summed E-state index contributed by atoms with van der Waals surface area (Å²) in [6.45, 7) is 2.94. The molecule has 1 aromatic carbocycles. The van der Waals surface area contributed by atoms with Crippen LogP contribution in [0, 0.1) is 11.7 Å². The summed E-state index contributed by atoms with van der Waals surface area (Å²) in [5, 5.41) is 14.6. The molecule has 4 fully saturated rings. The molecule has 12 heteroatoms. The van der Waals surface area contributed by atoms with Crippen molar-refractivity contribution in [2.24, 2.45) is 5.92 Å². The first kappa shape index (κ1) is 26.2. The molecule has 11 nitrogen and oxygen atoms in total. The monoisotopic (exact) mass is 550 g/mol. The Balaban J connectivity index is 1.37. The fourth-order valence-corrected chi connectivity index (χ4v) is 6.56. The molecule has 3 N–H and O–H groups in total. The highest BCUT2D eigenvalue weighted by Gasteiger charge is 2.35. The lowest BCUT2D eigenvalue weighted by Crippen LogP contribution is -2.57. The van der Waals surface area contributed by atoms with Gasteiger partial charge in [-0.3, -0.25) is 14.2 Å². The van der Waals surface area contributed by atoms with Crippen LogP contribution < -0.4 is 21.9 Å². The lowest BCUT2D eigenvalue weighted by atomic mass is 9.84. The predicted molar refractivity (Wildman–Crippen MR) is 144 cm³/mol. The molecule has 0 unspecified atom stereocenters. The summed E-state index contributed by atoms with van der Waals surface area (Å²) in [6, 6.07) is 6.96. The number of halogens is 1. The molecule has 5 heterocycles. The molecule has 0 spiro atoms. The van der Waals surface area contributed by atoms with Crippen LogP contribution in [0.2, 0.25) is 0 Å². The number of piperidine rings is 3. The Morgan fingerprint density at radius 2 is 1.75 bits per heavy atom. The first-order valence-electron chi connectivity index (χ1n) is 13.7.